The van der Waals surface area contributed by atoms with E-state index in [9.17, 15) is 13.2 Å². The Kier molecular flexibility index (Phi) is 4.39. The Bertz CT molecular complexity index is 649. The molecule has 0 atom stereocenters. The summed E-state index contributed by atoms with van der Waals surface area (Å²) in [6.45, 7) is 4.61. The van der Waals surface area contributed by atoms with E-state index in [1.807, 2.05) is 6.92 Å². The molecule has 0 saturated heterocycles. The average molecular weight is 310 g/mol. The lowest BCUT2D eigenvalue weighted by molar-refractivity contribution is 0.0890. The Morgan fingerprint density at radius 2 is 2.05 bits per heavy atom. The number of nitrogens with two attached hydrogens (primary N) is 1. The van der Waals surface area contributed by atoms with E-state index >= 15 is 0 Å². The van der Waals surface area contributed by atoms with Gasteiger partial charge in [-0.1, -0.05) is 26.3 Å². The van der Waals surface area contributed by atoms with Crippen molar-refractivity contribution < 1.29 is 13.2 Å². The Morgan fingerprint density at radius 1 is 1.38 bits per heavy atom. The molecule has 1 aliphatic rings. The predicted molar refractivity (Wildman–Crippen MR) is 81.5 cm³/mol. The molecule has 3 N–H and O–H groups in total. The molecule has 116 valence electrons. The highest BCUT2D eigenvalue weighted by molar-refractivity contribution is 7.89. The van der Waals surface area contributed by atoms with E-state index in [2.05, 4.69) is 12.2 Å². The molecule has 1 aromatic carbocycles. The van der Waals surface area contributed by atoms with Crippen LogP contribution in [-0.2, 0) is 16.4 Å². The van der Waals surface area contributed by atoms with Gasteiger partial charge in [-0.2, -0.15) is 0 Å². The zero-order valence-electron chi connectivity index (χ0n) is 12.5. The smallest absolute Gasteiger partial charge is 0.251 e. The monoisotopic (exact) mass is 310 g/mol. The maximum Gasteiger partial charge on any atom is 0.251 e. The van der Waals surface area contributed by atoms with E-state index < -0.39 is 10.0 Å². The van der Waals surface area contributed by atoms with Gasteiger partial charge in [-0.05, 0) is 42.4 Å². The third-order valence-corrected chi connectivity index (χ3v) is 5.25. The van der Waals surface area contributed by atoms with Gasteiger partial charge in [0.15, 0.2) is 0 Å². The minimum absolute atomic E-state index is 0.0347. The van der Waals surface area contributed by atoms with Gasteiger partial charge in [0.2, 0.25) is 10.0 Å². The number of rotatable bonds is 5. The van der Waals surface area contributed by atoms with Gasteiger partial charge in [0.05, 0.1) is 4.90 Å². The van der Waals surface area contributed by atoms with Crippen LogP contribution in [0.1, 0.15) is 49.0 Å². The van der Waals surface area contributed by atoms with Gasteiger partial charge in [-0.25, -0.2) is 13.6 Å². The molecule has 1 saturated carbocycles. The van der Waals surface area contributed by atoms with Crippen LogP contribution in [0.4, 0.5) is 0 Å². The molecule has 2 rings (SSSR count). The largest absolute Gasteiger partial charge is 0.351 e. The number of primary sulfonamides is 1. The fourth-order valence-electron chi connectivity index (χ4n) is 2.61. The van der Waals surface area contributed by atoms with Crippen molar-refractivity contribution in [1.29, 1.82) is 0 Å². The minimum Gasteiger partial charge on any atom is -0.351 e. The van der Waals surface area contributed by atoms with Crippen molar-refractivity contribution in [3.05, 3.63) is 29.3 Å². The van der Waals surface area contributed by atoms with Crippen LogP contribution in [-0.4, -0.2) is 20.9 Å². The Hall–Kier alpha value is -1.40. The van der Waals surface area contributed by atoms with E-state index in [0.29, 0.717) is 24.1 Å². The molecule has 6 heteroatoms. The number of carbonyl (C=O) groups excluding carboxylic acids is 1. The summed E-state index contributed by atoms with van der Waals surface area (Å²) in [4.78, 5) is 12.2. The van der Waals surface area contributed by atoms with E-state index in [1.165, 1.54) is 12.5 Å². The van der Waals surface area contributed by atoms with Crippen molar-refractivity contribution in [3.63, 3.8) is 0 Å². The zero-order chi connectivity index (χ0) is 15.7. The first kappa shape index (κ1) is 16.0. The number of aryl methyl sites for hydroxylation is 1. The number of hydrogen-bond donors (Lipinski definition) is 2. The van der Waals surface area contributed by atoms with Gasteiger partial charge in [-0.3, -0.25) is 4.79 Å². The summed E-state index contributed by atoms with van der Waals surface area (Å²) in [7, 11) is -3.82. The number of amides is 1. The first-order valence-electron chi connectivity index (χ1n) is 7.19. The zero-order valence-corrected chi connectivity index (χ0v) is 13.3. The lowest BCUT2D eigenvalue weighted by Gasteiger charge is -2.38. The van der Waals surface area contributed by atoms with Crippen molar-refractivity contribution in [1.82, 2.24) is 5.32 Å². The second-order valence-corrected chi connectivity index (χ2v) is 7.60. The van der Waals surface area contributed by atoms with Crippen LogP contribution in [0, 0.1) is 5.41 Å². The van der Waals surface area contributed by atoms with Crippen LogP contribution < -0.4 is 10.5 Å². The van der Waals surface area contributed by atoms with Crippen LogP contribution in [0.25, 0.3) is 0 Å². The summed E-state index contributed by atoms with van der Waals surface area (Å²) in [6.07, 6.45) is 3.98. The first-order valence-corrected chi connectivity index (χ1v) is 8.74. The maximum absolute atomic E-state index is 12.2. The molecule has 5 nitrogen and oxygen atoms in total. The van der Waals surface area contributed by atoms with E-state index in [0.717, 1.165) is 12.8 Å². The standard InChI is InChI=1S/C15H22N2O3S/c1-3-11-5-6-12(9-13(11)21(16,19)20)14(18)17-10-15(2)7-4-8-15/h5-6,9H,3-4,7-8,10H2,1-2H3,(H,17,18)(H2,16,19,20). The molecule has 0 aromatic heterocycles. The molecule has 0 unspecified atom stereocenters. The number of carbonyl (C=O) groups is 1. The molecule has 0 spiro atoms. The summed E-state index contributed by atoms with van der Waals surface area (Å²) in [5.41, 5.74) is 1.14. The van der Waals surface area contributed by atoms with Crippen LogP contribution in [0.5, 0.6) is 0 Å². The van der Waals surface area contributed by atoms with Crippen molar-refractivity contribution in [3.8, 4) is 0 Å². The van der Waals surface area contributed by atoms with Gasteiger partial charge in [0.25, 0.3) is 5.91 Å². The molecule has 0 radical (unpaired) electrons. The average Bonchev–Trinajstić information content (AvgIpc) is 2.41. The molecule has 1 amide bonds. The number of sulfonamides is 1. The highest BCUT2D eigenvalue weighted by Crippen LogP contribution is 2.39. The summed E-state index contributed by atoms with van der Waals surface area (Å²) in [5.74, 6) is -0.254. The quantitative estimate of drug-likeness (QED) is 0.869. The maximum atomic E-state index is 12.2. The van der Waals surface area contributed by atoms with Crippen molar-refractivity contribution in [2.75, 3.05) is 6.54 Å². The summed E-state index contributed by atoms with van der Waals surface area (Å²) < 4.78 is 23.2. The van der Waals surface area contributed by atoms with Gasteiger partial charge < -0.3 is 5.32 Å². The van der Waals surface area contributed by atoms with Crippen LogP contribution >= 0.6 is 0 Å². The number of nitrogens with one attached hydrogen (secondary N) is 1. The number of benzene rings is 1. The Balaban J connectivity index is 2.18. The molecular weight excluding hydrogens is 288 g/mol. The van der Waals surface area contributed by atoms with Gasteiger partial charge in [-0.15, -0.1) is 0 Å². The molecule has 21 heavy (non-hydrogen) atoms. The molecule has 0 bridgehead atoms. The summed E-state index contributed by atoms with van der Waals surface area (Å²) in [6, 6.07) is 4.66. The Morgan fingerprint density at radius 3 is 2.52 bits per heavy atom. The molecule has 1 aliphatic carbocycles. The lowest BCUT2D eigenvalue weighted by atomic mass is 9.70. The van der Waals surface area contributed by atoms with Crippen LogP contribution in [0.15, 0.2) is 23.1 Å². The Labute approximate surface area is 126 Å². The SMILES string of the molecule is CCc1ccc(C(=O)NCC2(C)CCC2)cc1S(N)(=O)=O. The highest BCUT2D eigenvalue weighted by Gasteiger charge is 2.32. The van der Waals surface area contributed by atoms with Gasteiger partial charge >= 0.3 is 0 Å². The van der Waals surface area contributed by atoms with Crippen molar-refractivity contribution in [2.24, 2.45) is 10.6 Å². The van der Waals surface area contributed by atoms with Crippen molar-refractivity contribution in [2.45, 2.75) is 44.4 Å². The molecule has 0 heterocycles. The highest BCUT2D eigenvalue weighted by atomic mass is 32.2. The molecule has 1 fully saturated rings. The summed E-state index contributed by atoms with van der Waals surface area (Å²) >= 11 is 0. The fourth-order valence-corrected chi connectivity index (χ4v) is 3.47. The summed E-state index contributed by atoms with van der Waals surface area (Å²) in [5, 5.41) is 8.10. The van der Waals surface area contributed by atoms with Gasteiger partial charge in [0.1, 0.15) is 0 Å². The van der Waals surface area contributed by atoms with E-state index in [4.69, 9.17) is 5.14 Å². The second kappa shape index (κ2) is 5.77. The lowest BCUT2D eigenvalue weighted by Crippen LogP contribution is -2.40. The van der Waals surface area contributed by atoms with Crippen LogP contribution in [0.3, 0.4) is 0 Å². The van der Waals surface area contributed by atoms with E-state index in [1.54, 1.807) is 12.1 Å². The molecule has 1 aromatic rings. The third-order valence-electron chi connectivity index (χ3n) is 4.25. The van der Waals surface area contributed by atoms with Crippen molar-refractivity contribution >= 4 is 15.9 Å². The van der Waals surface area contributed by atoms with Crippen LogP contribution in [0.2, 0.25) is 0 Å². The predicted octanol–water partition coefficient (Wildman–Crippen LogP) is 1.82. The normalized spacial score (nSPS) is 17.1. The minimum atomic E-state index is -3.82. The number of hydrogen-bond acceptors (Lipinski definition) is 3. The first-order chi connectivity index (χ1) is 9.75. The van der Waals surface area contributed by atoms with Gasteiger partial charge in [0, 0.05) is 12.1 Å². The molecular formula is C15H22N2O3S. The topological polar surface area (TPSA) is 89.3 Å². The third kappa shape index (κ3) is 3.63. The van der Waals surface area contributed by atoms with E-state index in [-0.39, 0.29) is 16.2 Å². The fraction of sp³-hybridized carbons (Fsp3) is 0.533. The molecule has 0 aliphatic heterocycles. The second-order valence-electron chi connectivity index (χ2n) is 6.07.